The van der Waals surface area contributed by atoms with Crippen molar-refractivity contribution in [3.8, 4) is 0 Å². The first-order chi connectivity index (χ1) is 11.7. The van der Waals surface area contributed by atoms with E-state index in [1.807, 2.05) is 54.6 Å². The van der Waals surface area contributed by atoms with Crippen LogP contribution in [0.15, 0.2) is 59.4 Å². The molecule has 1 amide bonds. The second-order valence-electron chi connectivity index (χ2n) is 5.77. The van der Waals surface area contributed by atoms with E-state index in [0.29, 0.717) is 12.0 Å². The van der Waals surface area contributed by atoms with E-state index in [9.17, 15) is 9.59 Å². The first-order valence-corrected chi connectivity index (χ1v) is 8.16. The molecule has 4 heteroatoms. The summed E-state index contributed by atoms with van der Waals surface area (Å²) in [6, 6.07) is 17.3. The number of amides is 1. The van der Waals surface area contributed by atoms with E-state index >= 15 is 0 Å². The topological polar surface area (TPSA) is 62.0 Å². The highest BCUT2D eigenvalue weighted by molar-refractivity contribution is 5.91. The van der Waals surface area contributed by atoms with Gasteiger partial charge in [-0.05, 0) is 42.0 Å². The third kappa shape index (κ3) is 3.54. The second kappa shape index (κ2) is 7.13. The van der Waals surface area contributed by atoms with Gasteiger partial charge in [-0.15, -0.1) is 0 Å². The van der Waals surface area contributed by atoms with Gasteiger partial charge in [-0.25, -0.2) is 0 Å². The van der Waals surface area contributed by atoms with Crippen LogP contribution in [0.25, 0.3) is 10.9 Å². The van der Waals surface area contributed by atoms with Crippen LogP contribution in [0.5, 0.6) is 0 Å². The van der Waals surface area contributed by atoms with Crippen molar-refractivity contribution in [1.29, 1.82) is 0 Å². The maximum atomic E-state index is 12.2. The number of carbonyl (C=O) groups excluding carboxylic acids is 1. The number of rotatable bonds is 5. The number of pyridine rings is 1. The van der Waals surface area contributed by atoms with Crippen LogP contribution in [-0.4, -0.2) is 10.9 Å². The molecule has 0 atom stereocenters. The molecule has 2 N–H and O–H groups in total. The van der Waals surface area contributed by atoms with Gasteiger partial charge in [0.05, 0.1) is 0 Å². The Kier molecular flexibility index (Phi) is 4.75. The lowest BCUT2D eigenvalue weighted by molar-refractivity contribution is -0.116. The fourth-order valence-corrected chi connectivity index (χ4v) is 2.79. The Balaban J connectivity index is 1.70. The molecule has 0 saturated carbocycles. The zero-order chi connectivity index (χ0) is 16.9. The van der Waals surface area contributed by atoms with Gasteiger partial charge in [-0.2, -0.15) is 0 Å². The Bertz CT molecular complexity index is 928. The van der Waals surface area contributed by atoms with Crippen molar-refractivity contribution in [3.63, 3.8) is 0 Å². The van der Waals surface area contributed by atoms with E-state index in [4.69, 9.17) is 0 Å². The van der Waals surface area contributed by atoms with Gasteiger partial charge in [-0.1, -0.05) is 43.3 Å². The molecule has 24 heavy (non-hydrogen) atoms. The minimum Gasteiger partial charge on any atom is -0.326 e. The number of H-pyrrole nitrogens is 1. The summed E-state index contributed by atoms with van der Waals surface area (Å²) in [5.74, 6) is -0.0801. The fraction of sp³-hybridized carbons (Fsp3) is 0.200. The van der Waals surface area contributed by atoms with Gasteiger partial charge in [-0.3, -0.25) is 9.59 Å². The molecule has 0 aliphatic heterocycles. The first-order valence-electron chi connectivity index (χ1n) is 8.16. The molecule has 0 aliphatic rings. The van der Waals surface area contributed by atoms with Crippen molar-refractivity contribution in [2.45, 2.75) is 26.2 Å². The van der Waals surface area contributed by atoms with Gasteiger partial charge in [0.15, 0.2) is 0 Å². The molecule has 2 aromatic carbocycles. The molecule has 1 aromatic heterocycles. The molecule has 0 bridgehead atoms. The van der Waals surface area contributed by atoms with Gasteiger partial charge in [0, 0.05) is 23.2 Å². The highest BCUT2D eigenvalue weighted by atomic mass is 16.1. The Labute approximate surface area is 140 Å². The van der Waals surface area contributed by atoms with Crippen molar-refractivity contribution in [2.24, 2.45) is 0 Å². The maximum absolute atomic E-state index is 12.2. The van der Waals surface area contributed by atoms with E-state index in [1.54, 1.807) is 0 Å². The number of fused-ring (bicyclic) bond motifs is 1. The molecule has 0 aliphatic carbocycles. The van der Waals surface area contributed by atoms with Crippen LogP contribution < -0.4 is 10.9 Å². The summed E-state index contributed by atoms with van der Waals surface area (Å²) in [4.78, 5) is 27.2. The molecule has 0 radical (unpaired) electrons. The summed E-state index contributed by atoms with van der Waals surface area (Å²) in [5.41, 5.74) is 3.27. The maximum Gasteiger partial charge on any atom is 0.251 e. The molecule has 0 spiro atoms. The Hall–Kier alpha value is -2.88. The molecule has 4 nitrogen and oxygen atoms in total. The molecular formula is C20H20N2O2. The Morgan fingerprint density at radius 2 is 1.79 bits per heavy atom. The lowest BCUT2D eigenvalue weighted by Gasteiger charge is -2.09. The van der Waals surface area contributed by atoms with Gasteiger partial charge in [0.25, 0.3) is 5.56 Å². The number of para-hydroxylation sites is 2. The monoisotopic (exact) mass is 320 g/mol. The van der Waals surface area contributed by atoms with Crippen LogP contribution in [0.2, 0.25) is 0 Å². The normalized spacial score (nSPS) is 10.7. The fourth-order valence-electron chi connectivity index (χ4n) is 2.79. The smallest absolute Gasteiger partial charge is 0.251 e. The molecule has 0 saturated heterocycles. The minimum atomic E-state index is -0.129. The molecule has 3 rings (SSSR count). The standard InChI is InChI=1S/C20H20N2O2/c1-2-14-7-3-5-9-17(14)21-19(23)12-11-16-13-15-8-4-6-10-18(15)22-20(16)24/h3-10,13H,2,11-12H2,1H3,(H,21,23)(H,22,24). The predicted molar refractivity (Wildman–Crippen MR) is 97.3 cm³/mol. The quantitative estimate of drug-likeness (QED) is 0.753. The van der Waals surface area contributed by atoms with Gasteiger partial charge >= 0.3 is 0 Å². The molecule has 3 aromatic rings. The van der Waals surface area contributed by atoms with Crippen LogP contribution in [0.4, 0.5) is 5.69 Å². The molecule has 1 heterocycles. The number of hydrogen-bond donors (Lipinski definition) is 2. The second-order valence-corrected chi connectivity index (χ2v) is 5.77. The highest BCUT2D eigenvalue weighted by Crippen LogP contribution is 2.16. The average Bonchev–Trinajstić information content (AvgIpc) is 2.60. The van der Waals surface area contributed by atoms with E-state index < -0.39 is 0 Å². The van der Waals surface area contributed by atoms with Gasteiger partial charge < -0.3 is 10.3 Å². The van der Waals surface area contributed by atoms with Crippen molar-refractivity contribution in [3.05, 3.63) is 76.1 Å². The zero-order valence-electron chi connectivity index (χ0n) is 13.6. The number of hydrogen-bond acceptors (Lipinski definition) is 2. The zero-order valence-corrected chi connectivity index (χ0v) is 13.6. The van der Waals surface area contributed by atoms with E-state index in [-0.39, 0.29) is 17.9 Å². The number of anilines is 1. The summed E-state index contributed by atoms with van der Waals surface area (Å²) in [6.45, 7) is 2.06. The van der Waals surface area contributed by atoms with Crippen LogP contribution >= 0.6 is 0 Å². The van der Waals surface area contributed by atoms with E-state index in [0.717, 1.165) is 28.6 Å². The summed E-state index contributed by atoms with van der Waals surface area (Å²) in [7, 11) is 0. The summed E-state index contributed by atoms with van der Waals surface area (Å²) >= 11 is 0. The van der Waals surface area contributed by atoms with Gasteiger partial charge in [0.2, 0.25) is 5.91 Å². The minimum absolute atomic E-state index is 0.0801. The van der Waals surface area contributed by atoms with Gasteiger partial charge in [0.1, 0.15) is 0 Å². The average molecular weight is 320 g/mol. The lowest BCUT2D eigenvalue weighted by Crippen LogP contribution is -2.17. The summed E-state index contributed by atoms with van der Waals surface area (Å²) < 4.78 is 0. The van der Waals surface area contributed by atoms with E-state index in [1.165, 1.54) is 0 Å². The van der Waals surface area contributed by atoms with Crippen molar-refractivity contribution in [2.75, 3.05) is 5.32 Å². The largest absolute Gasteiger partial charge is 0.326 e. The predicted octanol–water partition coefficient (Wildman–Crippen LogP) is 3.66. The van der Waals surface area contributed by atoms with Crippen molar-refractivity contribution in [1.82, 2.24) is 4.98 Å². The molecule has 122 valence electrons. The SMILES string of the molecule is CCc1ccccc1NC(=O)CCc1cc2ccccc2[nH]c1=O. The molecule has 0 fully saturated rings. The Morgan fingerprint density at radius 3 is 2.62 bits per heavy atom. The van der Waals surface area contributed by atoms with E-state index in [2.05, 4.69) is 17.2 Å². The lowest BCUT2D eigenvalue weighted by atomic mass is 10.1. The number of nitrogens with one attached hydrogen (secondary N) is 2. The van der Waals surface area contributed by atoms with Crippen molar-refractivity contribution >= 4 is 22.5 Å². The summed E-state index contributed by atoms with van der Waals surface area (Å²) in [5, 5.41) is 3.91. The van der Waals surface area contributed by atoms with Crippen LogP contribution in [0.3, 0.4) is 0 Å². The van der Waals surface area contributed by atoms with Crippen molar-refractivity contribution < 1.29 is 4.79 Å². The van der Waals surface area contributed by atoms with Crippen LogP contribution in [0.1, 0.15) is 24.5 Å². The number of carbonyl (C=O) groups is 1. The number of benzene rings is 2. The highest BCUT2D eigenvalue weighted by Gasteiger charge is 2.08. The molecule has 0 unspecified atom stereocenters. The van der Waals surface area contributed by atoms with Crippen LogP contribution in [-0.2, 0) is 17.6 Å². The number of aromatic nitrogens is 1. The van der Waals surface area contributed by atoms with Crippen LogP contribution in [0, 0.1) is 0 Å². The molecular weight excluding hydrogens is 300 g/mol. The first kappa shape index (κ1) is 16.0. The summed E-state index contributed by atoms with van der Waals surface area (Å²) in [6.07, 6.45) is 1.56. The third-order valence-corrected chi connectivity index (χ3v) is 4.12. The number of aromatic amines is 1. The number of aryl methyl sites for hydroxylation is 2. The third-order valence-electron chi connectivity index (χ3n) is 4.12. The Morgan fingerprint density at radius 1 is 1.04 bits per heavy atom.